The summed E-state index contributed by atoms with van der Waals surface area (Å²) in [6.07, 6.45) is 0.0586. The number of thioether (sulfide) groups is 1. The summed E-state index contributed by atoms with van der Waals surface area (Å²) in [5.74, 6) is 1.56. The molecule has 0 aliphatic carbocycles. The van der Waals surface area contributed by atoms with E-state index in [0.29, 0.717) is 11.5 Å². The van der Waals surface area contributed by atoms with E-state index in [1.54, 1.807) is 30.0 Å². The number of fused-ring (bicyclic) bond motifs is 2. The molecular weight excluding hydrogens is 329 g/mol. The van der Waals surface area contributed by atoms with Crippen LogP contribution in [0.4, 0.5) is 4.39 Å². The van der Waals surface area contributed by atoms with Crippen LogP contribution in [0.5, 0.6) is 11.5 Å². The van der Waals surface area contributed by atoms with Gasteiger partial charge in [-0.25, -0.2) is 4.39 Å². The third-order valence-electron chi connectivity index (χ3n) is 4.13. The highest BCUT2D eigenvalue weighted by molar-refractivity contribution is 7.99. The second-order valence-electron chi connectivity index (χ2n) is 5.74. The highest BCUT2D eigenvalue weighted by atomic mass is 32.2. The maximum absolute atomic E-state index is 13.6. The number of amides is 1. The van der Waals surface area contributed by atoms with E-state index in [1.165, 1.54) is 12.1 Å². The average Bonchev–Trinajstić information content (AvgIpc) is 2.62. The lowest BCUT2D eigenvalue weighted by atomic mass is 10.0. The van der Waals surface area contributed by atoms with Crippen LogP contribution in [0, 0.1) is 5.82 Å². The minimum Gasteiger partial charge on any atom is -0.485 e. The van der Waals surface area contributed by atoms with Gasteiger partial charge >= 0.3 is 0 Å². The number of rotatable bonds is 2. The van der Waals surface area contributed by atoms with Crippen LogP contribution in [0.2, 0.25) is 0 Å². The Kier molecular flexibility index (Phi) is 4.06. The number of ether oxygens (including phenoxy) is 2. The summed E-state index contributed by atoms with van der Waals surface area (Å²) in [5.41, 5.74) is 0.830. The van der Waals surface area contributed by atoms with Crippen molar-refractivity contribution < 1.29 is 18.7 Å². The van der Waals surface area contributed by atoms with Crippen molar-refractivity contribution >= 4 is 17.7 Å². The standard InChI is InChI=1S/C18H16FNO3S/c19-11-5-6-17-12(9-11)13(7-8-24-17)20-18(21)16-10-22-14-3-1-2-4-15(14)23-16/h1-6,9,13,16H,7-8,10H2,(H,20,21)/t13-,16-/m0/s1. The Hall–Kier alpha value is -2.21. The summed E-state index contributed by atoms with van der Waals surface area (Å²) in [6, 6.07) is 11.8. The fourth-order valence-electron chi connectivity index (χ4n) is 2.93. The lowest BCUT2D eigenvalue weighted by molar-refractivity contribution is -0.131. The van der Waals surface area contributed by atoms with Crippen LogP contribution in [0.1, 0.15) is 18.0 Å². The molecule has 2 atom stereocenters. The monoisotopic (exact) mass is 345 g/mol. The fourth-order valence-corrected chi connectivity index (χ4v) is 4.03. The van der Waals surface area contributed by atoms with E-state index in [4.69, 9.17) is 9.47 Å². The summed E-state index contributed by atoms with van der Waals surface area (Å²) in [6.45, 7) is 0.167. The van der Waals surface area contributed by atoms with Gasteiger partial charge in [-0.1, -0.05) is 12.1 Å². The van der Waals surface area contributed by atoms with E-state index < -0.39 is 6.10 Å². The molecule has 0 unspecified atom stereocenters. The molecule has 0 fully saturated rings. The molecule has 0 aromatic heterocycles. The third-order valence-corrected chi connectivity index (χ3v) is 5.25. The number of hydrogen-bond acceptors (Lipinski definition) is 4. The molecule has 2 heterocycles. The van der Waals surface area contributed by atoms with E-state index in [2.05, 4.69) is 5.32 Å². The van der Waals surface area contributed by atoms with Gasteiger partial charge in [-0.2, -0.15) is 0 Å². The zero-order chi connectivity index (χ0) is 16.5. The number of carbonyl (C=O) groups excluding carboxylic acids is 1. The summed E-state index contributed by atoms with van der Waals surface area (Å²) < 4.78 is 24.9. The summed E-state index contributed by atoms with van der Waals surface area (Å²) >= 11 is 1.68. The van der Waals surface area contributed by atoms with Crippen molar-refractivity contribution in [1.82, 2.24) is 5.32 Å². The first-order valence-corrected chi connectivity index (χ1v) is 8.80. The van der Waals surface area contributed by atoms with E-state index in [1.807, 2.05) is 12.1 Å². The molecule has 0 saturated carbocycles. The minimum absolute atomic E-state index is 0.167. The van der Waals surface area contributed by atoms with Crippen molar-refractivity contribution in [3.05, 3.63) is 53.8 Å². The predicted molar refractivity (Wildman–Crippen MR) is 89.0 cm³/mol. The van der Waals surface area contributed by atoms with Gasteiger partial charge in [0.15, 0.2) is 11.5 Å². The van der Waals surface area contributed by atoms with Crippen LogP contribution in [0.3, 0.4) is 0 Å². The average molecular weight is 345 g/mol. The SMILES string of the molecule is O=C(N[C@H]1CCSc2ccc(F)cc21)[C@@H]1COc2ccccc2O1. The fraction of sp³-hybridized carbons (Fsp3) is 0.278. The van der Waals surface area contributed by atoms with Crippen molar-refractivity contribution in [2.45, 2.75) is 23.5 Å². The van der Waals surface area contributed by atoms with Gasteiger partial charge in [-0.15, -0.1) is 11.8 Å². The Labute approximate surface area is 143 Å². The molecule has 2 aromatic carbocycles. The van der Waals surface area contributed by atoms with Crippen LogP contribution < -0.4 is 14.8 Å². The Bertz CT molecular complexity index is 783. The van der Waals surface area contributed by atoms with Crippen molar-refractivity contribution in [2.75, 3.05) is 12.4 Å². The first-order chi connectivity index (χ1) is 11.7. The molecule has 4 nitrogen and oxygen atoms in total. The molecule has 4 rings (SSSR count). The highest BCUT2D eigenvalue weighted by Gasteiger charge is 2.30. The molecule has 1 N–H and O–H groups in total. The van der Waals surface area contributed by atoms with Crippen molar-refractivity contribution in [1.29, 1.82) is 0 Å². The molecular formula is C18H16FNO3S. The molecule has 0 bridgehead atoms. The van der Waals surface area contributed by atoms with E-state index >= 15 is 0 Å². The van der Waals surface area contributed by atoms with Crippen LogP contribution in [-0.2, 0) is 4.79 Å². The lowest BCUT2D eigenvalue weighted by Crippen LogP contribution is -2.45. The van der Waals surface area contributed by atoms with Crippen LogP contribution >= 0.6 is 11.8 Å². The zero-order valence-electron chi connectivity index (χ0n) is 12.8. The molecule has 2 aliphatic rings. The zero-order valence-corrected chi connectivity index (χ0v) is 13.6. The lowest BCUT2D eigenvalue weighted by Gasteiger charge is -2.30. The van der Waals surface area contributed by atoms with Gasteiger partial charge in [0.1, 0.15) is 12.4 Å². The van der Waals surface area contributed by atoms with Crippen molar-refractivity contribution in [2.24, 2.45) is 0 Å². The summed E-state index contributed by atoms with van der Waals surface area (Å²) in [5, 5.41) is 2.98. The van der Waals surface area contributed by atoms with Crippen molar-refractivity contribution in [3.8, 4) is 11.5 Å². The number of halogens is 1. The van der Waals surface area contributed by atoms with Gasteiger partial charge in [0, 0.05) is 10.6 Å². The topological polar surface area (TPSA) is 47.6 Å². The number of hydrogen-bond donors (Lipinski definition) is 1. The predicted octanol–water partition coefficient (Wildman–Crippen LogP) is 3.32. The number of nitrogens with one attached hydrogen (secondary N) is 1. The molecule has 2 aromatic rings. The van der Waals surface area contributed by atoms with Gasteiger partial charge in [0.25, 0.3) is 5.91 Å². The van der Waals surface area contributed by atoms with Crippen LogP contribution in [-0.4, -0.2) is 24.4 Å². The largest absolute Gasteiger partial charge is 0.485 e. The smallest absolute Gasteiger partial charge is 0.265 e. The van der Waals surface area contributed by atoms with E-state index in [9.17, 15) is 9.18 Å². The number of para-hydroxylation sites is 2. The van der Waals surface area contributed by atoms with Gasteiger partial charge in [-0.3, -0.25) is 4.79 Å². The van der Waals surface area contributed by atoms with Gasteiger partial charge in [-0.05, 0) is 42.3 Å². The normalized spacial score (nSPS) is 21.7. The molecule has 1 amide bonds. The van der Waals surface area contributed by atoms with E-state index in [0.717, 1.165) is 22.6 Å². The highest BCUT2D eigenvalue weighted by Crippen LogP contribution is 2.37. The van der Waals surface area contributed by atoms with Crippen LogP contribution in [0.25, 0.3) is 0 Å². The van der Waals surface area contributed by atoms with Gasteiger partial charge < -0.3 is 14.8 Å². The first-order valence-electron chi connectivity index (χ1n) is 7.82. The molecule has 0 spiro atoms. The molecule has 0 saturated heterocycles. The number of benzene rings is 2. The Morgan fingerprint density at radius 2 is 2.04 bits per heavy atom. The van der Waals surface area contributed by atoms with Gasteiger partial charge in [0.05, 0.1) is 6.04 Å². The molecule has 24 heavy (non-hydrogen) atoms. The Balaban J connectivity index is 1.49. The second-order valence-corrected chi connectivity index (χ2v) is 6.88. The summed E-state index contributed by atoms with van der Waals surface area (Å²) in [4.78, 5) is 13.6. The maximum Gasteiger partial charge on any atom is 0.265 e. The molecule has 0 radical (unpaired) electrons. The first kappa shape index (κ1) is 15.3. The second kappa shape index (κ2) is 6.36. The Morgan fingerprint density at radius 3 is 2.92 bits per heavy atom. The quantitative estimate of drug-likeness (QED) is 0.907. The third kappa shape index (κ3) is 2.94. The van der Waals surface area contributed by atoms with Crippen molar-refractivity contribution in [3.63, 3.8) is 0 Å². The van der Waals surface area contributed by atoms with Crippen LogP contribution in [0.15, 0.2) is 47.4 Å². The van der Waals surface area contributed by atoms with Gasteiger partial charge in [0.2, 0.25) is 6.10 Å². The van der Waals surface area contributed by atoms with E-state index in [-0.39, 0.29) is 24.4 Å². The molecule has 124 valence electrons. The molecule has 6 heteroatoms. The maximum atomic E-state index is 13.6. The minimum atomic E-state index is -0.702. The Morgan fingerprint density at radius 1 is 1.21 bits per heavy atom. The number of carbonyl (C=O) groups is 1. The molecule has 2 aliphatic heterocycles. The summed E-state index contributed by atoms with van der Waals surface area (Å²) in [7, 11) is 0.